The summed E-state index contributed by atoms with van der Waals surface area (Å²) in [7, 11) is 1.51. The molecular formula is C28H27Cl2F2N5O4. The van der Waals surface area contributed by atoms with Crippen molar-refractivity contribution in [3.63, 3.8) is 0 Å². The van der Waals surface area contributed by atoms with E-state index in [1.807, 2.05) is 6.92 Å². The number of nitrogens with one attached hydrogen (secondary N) is 1. The second-order valence-corrected chi connectivity index (χ2v) is 10.9. The lowest BCUT2D eigenvalue weighted by atomic mass is 9.96. The summed E-state index contributed by atoms with van der Waals surface area (Å²) >= 11 is 12.2. The van der Waals surface area contributed by atoms with Crippen LogP contribution in [0.25, 0.3) is 0 Å². The highest BCUT2D eigenvalue weighted by Crippen LogP contribution is 2.36. The third kappa shape index (κ3) is 5.36. The number of hydrogen-bond acceptors (Lipinski definition) is 5. The normalized spacial score (nSPS) is 19.1. The summed E-state index contributed by atoms with van der Waals surface area (Å²) < 4.78 is 31.1. The van der Waals surface area contributed by atoms with E-state index >= 15 is 0 Å². The van der Waals surface area contributed by atoms with Crippen LogP contribution in [0.4, 0.5) is 8.78 Å². The topological polar surface area (TPSA) is 96.8 Å². The summed E-state index contributed by atoms with van der Waals surface area (Å²) in [5, 5.41) is 7.92. The van der Waals surface area contributed by atoms with Crippen molar-refractivity contribution in [2.75, 3.05) is 13.6 Å². The van der Waals surface area contributed by atoms with Gasteiger partial charge >= 0.3 is 6.61 Å². The van der Waals surface area contributed by atoms with Gasteiger partial charge in [0, 0.05) is 30.6 Å². The lowest BCUT2D eigenvalue weighted by molar-refractivity contribution is -0.125. The third-order valence-electron chi connectivity index (χ3n) is 7.60. The molecule has 2 aromatic carbocycles. The maximum Gasteiger partial charge on any atom is 0.387 e. The Balaban J connectivity index is 1.50. The molecule has 0 radical (unpaired) electrons. The lowest BCUT2D eigenvalue weighted by Gasteiger charge is -2.38. The van der Waals surface area contributed by atoms with Gasteiger partial charge in [0.05, 0.1) is 34.9 Å². The van der Waals surface area contributed by atoms with Crippen molar-refractivity contribution in [3.8, 4) is 5.75 Å². The molecule has 0 aliphatic carbocycles. The van der Waals surface area contributed by atoms with E-state index in [-0.39, 0.29) is 53.3 Å². The number of alkyl halides is 2. The number of ether oxygens (including phenoxy) is 1. The largest absolute Gasteiger partial charge is 0.435 e. The van der Waals surface area contributed by atoms with E-state index in [0.717, 1.165) is 0 Å². The Hall–Kier alpha value is -3.70. The zero-order valence-electron chi connectivity index (χ0n) is 22.4. The zero-order chi connectivity index (χ0) is 29.6. The Morgan fingerprint density at radius 3 is 2.46 bits per heavy atom. The molecule has 41 heavy (non-hydrogen) atoms. The Morgan fingerprint density at radius 1 is 1.12 bits per heavy atom. The molecule has 0 spiro atoms. The minimum atomic E-state index is -2.95. The second kappa shape index (κ2) is 11.3. The van der Waals surface area contributed by atoms with E-state index in [1.54, 1.807) is 41.0 Å². The van der Waals surface area contributed by atoms with E-state index < -0.39 is 18.7 Å². The summed E-state index contributed by atoms with van der Waals surface area (Å²) in [5.74, 6) is -0.953. The number of hydrogen-bond donors (Lipinski definition) is 1. The van der Waals surface area contributed by atoms with E-state index in [2.05, 4.69) is 15.2 Å². The molecule has 0 bridgehead atoms. The van der Waals surface area contributed by atoms with Gasteiger partial charge in [-0.25, -0.2) is 4.68 Å². The molecule has 0 saturated carbocycles. The highest BCUT2D eigenvalue weighted by atomic mass is 35.5. The van der Waals surface area contributed by atoms with Crippen LogP contribution in [-0.4, -0.2) is 63.5 Å². The number of aromatic nitrogens is 2. The second-order valence-electron chi connectivity index (χ2n) is 10.0. The van der Waals surface area contributed by atoms with Crippen molar-refractivity contribution >= 4 is 40.9 Å². The highest BCUT2D eigenvalue weighted by molar-refractivity contribution is 6.42. The van der Waals surface area contributed by atoms with E-state index in [9.17, 15) is 23.2 Å². The molecule has 3 atom stereocenters. The zero-order valence-corrected chi connectivity index (χ0v) is 23.9. The van der Waals surface area contributed by atoms with Crippen LogP contribution >= 0.6 is 23.2 Å². The average molecular weight is 606 g/mol. The Labute approximate surface area is 244 Å². The molecule has 9 nitrogen and oxygen atoms in total. The summed E-state index contributed by atoms with van der Waals surface area (Å²) in [5.41, 5.74) is 2.49. The fourth-order valence-corrected chi connectivity index (χ4v) is 5.66. The number of carbonyl (C=O) groups excluding carboxylic acids is 3. The van der Waals surface area contributed by atoms with Crippen LogP contribution < -0.4 is 10.1 Å². The van der Waals surface area contributed by atoms with Gasteiger partial charge in [0.15, 0.2) is 0 Å². The quantitative estimate of drug-likeness (QED) is 0.432. The van der Waals surface area contributed by atoms with Crippen LogP contribution in [-0.2, 0) is 17.8 Å². The summed E-state index contributed by atoms with van der Waals surface area (Å²) in [6, 6.07) is 9.13. The molecule has 1 aromatic heterocycles. The van der Waals surface area contributed by atoms with Gasteiger partial charge < -0.3 is 19.9 Å². The molecule has 2 aliphatic heterocycles. The first-order valence-corrected chi connectivity index (χ1v) is 13.7. The van der Waals surface area contributed by atoms with Gasteiger partial charge in [0.25, 0.3) is 11.8 Å². The van der Waals surface area contributed by atoms with Crippen molar-refractivity contribution in [1.29, 1.82) is 0 Å². The molecule has 0 fully saturated rings. The van der Waals surface area contributed by atoms with Crippen LogP contribution in [0.15, 0.2) is 42.5 Å². The van der Waals surface area contributed by atoms with Gasteiger partial charge in [0.2, 0.25) is 5.91 Å². The number of halogens is 4. The van der Waals surface area contributed by atoms with Crippen molar-refractivity contribution in [2.45, 2.75) is 51.6 Å². The standard InChI is InChI=1S/C28H27Cl2F2N5O4/c1-14-10-22-19(12-35(14)26(39)17-6-9-20(29)21(30)11-17)24-27(40)36(13-23(25(38)33-3)37(24)34-22)15(2)16-4-7-18(8-5-16)41-28(31)32/h4-9,11,14-15,23,28H,10,12-13H2,1-3H3,(H,33,38)/t14-,15+,23-/m1/s1. The van der Waals surface area contributed by atoms with Crippen LogP contribution in [0.5, 0.6) is 5.75 Å². The molecule has 216 valence electrons. The number of nitrogens with zero attached hydrogens (tertiary/aromatic N) is 4. The third-order valence-corrected chi connectivity index (χ3v) is 8.34. The predicted octanol–water partition coefficient (Wildman–Crippen LogP) is 4.88. The van der Waals surface area contributed by atoms with Gasteiger partial charge in [-0.3, -0.25) is 14.4 Å². The smallest absolute Gasteiger partial charge is 0.387 e. The first-order valence-electron chi connectivity index (χ1n) is 12.9. The summed E-state index contributed by atoms with van der Waals surface area (Å²) in [6.45, 7) is 0.892. The first-order chi connectivity index (χ1) is 19.5. The number of likely N-dealkylation sites (N-methyl/N-ethyl adjacent to an activating group) is 1. The molecule has 13 heteroatoms. The van der Waals surface area contributed by atoms with E-state index in [4.69, 9.17) is 23.2 Å². The predicted molar refractivity (Wildman–Crippen MR) is 147 cm³/mol. The van der Waals surface area contributed by atoms with Crippen LogP contribution in [0.3, 0.4) is 0 Å². The van der Waals surface area contributed by atoms with Crippen molar-refractivity contribution in [3.05, 3.63) is 80.6 Å². The van der Waals surface area contributed by atoms with Crippen LogP contribution in [0.1, 0.15) is 63.6 Å². The molecule has 3 aromatic rings. The Kier molecular flexibility index (Phi) is 7.93. The number of benzene rings is 2. The van der Waals surface area contributed by atoms with Crippen molar-refractivity contribution < 1.29 is 27.9 Å². The maximum absolute atomic E-state index is 14.0. The number of amides is 3. The minimum Gasteiger partial charge on any atom is -0.435 e. The highest BCUT2D eigenvalue weighted by Gasteiger charge is 2.43. The van der Waals surface area contributed by atoms with Gasteiger partial charge in [-0.1, -0.05) is 35.3 Å². The SMILES string of the molecule is CNC(=O)[C@H]1CN([C@@H](C)c2ccc(OC(F)F)cc2)C(=O)c2c3c(nn21)C[C@@H](C)N(C(=O)c1ccc(Cl)c(Cl)c1)C3. The first kappa shape index (κ1) is 28.8. The molecular weight excluding hydrogens is 579 g/mol. The number of carbonyl (C=O) groups is 3. The maximum atomic E-state index is 14.0. The molecule has 3 heterocycles. The van der Waals surface area contributed by atoms with Gasteiger partial charge in [-0.05, 0) is 49.7 Å². The molecule has 5 rings (SSSR count). The van der Waals surface area contributed by atoms with Crippen molar-refractivity contribution in [2.24, 2.45) is 0 Å². The van der Waals surface area contributed by atoms with Crippen molar-refractivity contribution in [1.82, 2.24) is 24.9 Å². The van der Waals surface area contributed by atoms with Gasteiger partial charge in [-0.15, -0.1) is 0 Å². The van der Waals surface area contributed by atoms with E-state index in [0.29, 0.717) is 33.8 Å². The fraction of sp³-hybridized carbons (Fsp3) is 0.357. The fourth-order valence-electron chi connectivity index (χ4n) is 5.37. The molecule has 1 N–H and O–H groups in total. The Bertz CT molecular complexity index is 1510. The van der Waals surface area contributed by atoms with Crippen LogP contribution in [0.2, 0.25) is 10.0 Å². The lowest BCUT2D eigenvalue weighted by Crippen LogP contribution is -2.49. The molecule has 3 amide bonds. The molecule has 2 aliphatic rings. The van der Waals surface area contributed by atoms with Gasteiger partial charge in [-0.2, -0.15) is 13.9 Å². The number of fused-ring (bicyclic) bond motifs is 3. The van der Waals surface area contributed by atoms with Gasteiger partial charge in [0.1, 0.15) is 17.5 Å². The minimum absolute atomic E-state index is 0.00263. The number of rotatable bonds is 6. The molecule has 0 unspecified atom stereocenters. The molecule has 0 saturated heterocycles. The monoisotopic (exact) mass is 605 g/mol. The average Bonchev–Trinajstić information content (AvgIpc) is 3.31. The summed E-state index contributed by atoms with van der Waals surface area (Å²) in [4.78, 5) is 43.7. The van der Waals surface area contributed by atoms with E-state index in [1.165, 1.54) is 29.9 Å². The summed E-state index contributed by atoms with van der Waals surface area (Å²) in [6.07, 6.45) is 0.386. The van der Waals surface area contributed by atoms with Crippen LogP contribution in [0, 0.1) is 0 Å². The Morgan fingerprint density at radius 2 is 1.83 bits per heavy atom.